The Hall–Kier alpha value is -0.570. The van der Waals surface area contributed by atoms with Crippen molar-refractivity contribution in [3.05, 3.63) is 0 Å². The standard InChI is InChI=1S/C13H25N3/c1-13(9-5-2-6-10-13)12(16-14)15-11-7-3-4-8-11/h11H,2-10,14H2,1H3,(H,15,16). The Bertz CT molecular complexity index is 248. The number of hydrazine groups is 1. The minimum atomic E-state index is 0.218. The normalized spacial score (nSPS) is 27.0. The number of aliphatic imine (C=N–C) groups is 1. The van der Waals surface area contributed by atoms with Crippen LogP contribution in [0, 0.1) is 5.41 Å². The average molecular weight is 223 g/mol. The number of nitrogens with one attached hydrogen (secondary N) is 1. The fraction of sp³-hybridized carbons (Fsp3) is 0.923. The third kappa shape index (κ3) is 2.57. The number of nitrogens with two attached hydrogens (primary N) is 1. The van der Waals surface area contributed by atoms with Crippen LogP contribution in [-0.4, -0.2) is 11.9 Å². The molecule has 92 valence electrons. The maximum atomic E-state index is 5.69. The van der Waals surface area contributed by atoms with Crippen LogP contribution in [0.1, 0.15) is 64.7 Å². The lowest BCUT2D eigenvalue weighted by atomic mass is 9.74. The molecule has 0 heterocycles. The van der Waals surface area contributed by atoms with Crippen molar-refractivity contribution in [2.24, 2.45) is 16.3 Å². The molecule has 0 saturated heterocycles. The molecule has 0 aromatic carbocycles. The topological polar surface area (TPSA) is 50.4 Å². The van der Waals surface area contributed by atoms with Crippen molar-refractivity contribution in [1.29, 1.82) is 0 Å². The van der Waals surface area contributed by atoms with E-state index in [1.165, 1.54) is 57.8 Å². The number of rotatable bonds is 2. The zero-order valence-electron chi connectivity index (χ0n) is 10.5. The summed E-state index contributed by atoms with van der Waals surface area (Å²) < 4.78 is 0. The fourth-order valence-corrected chi connectivity index (χ4v) is 3.15. The van der Waals surface area contributed by atoms with E-state index in [9.17, 15) is 0 Å². The number of nitrogens with zero attached hydrogens (tertiary/aromatic N) is 1. The second-order valence-corrected chi connectivity index (χ2v) is 5.68. The molecule has 2 aliphatic carbocycles. The van der Waals surface area contributed by atoms with Gasteiger partial charge in [-0.1, -0.05) is 39.0 Å². The van der Waals surface area contributed by atoms with Gasteiger partial charge in [-0.15, -0.1) is 0 Å². The number of hydrogen-bond donors (Lipinski definition) is 2. The minimum Gasteiger partial charge on any atom is -0.312 e. The van der Waals surface area contributed by atoms with Gasteiger partial charge in [-0.25, -0.2) is 5.84 Å². The maximum absolute atomic E-state index is 5.69. The van der Waals surface area contributed by atoms with Crippen LogP contribution in [0.4, 0.5) is 0 Å². The molecule has 0 aliphatic heterocycles. The van der Waals surface area contributed by atoms with Crippen molar-refractivity contribution < 1.29 is 0 Å². The van der Waals surface area contributed by atoms with Gasteiger partial charge < -0.3 is 5.43 Å². The second kappa shape index (κ2) is 5.17. The van der Waals surface area contributed by atoms with Crippen LogP contribution in [0.5, 0.6) is 0 Å². The molecule has 2 fully saturated rings. The zero-order chi connectivity index (χ0) is 11.4. The quantitative estimate of drug-likeness (QED) is 0.327. The molecular weight excluding hydrogens is 198 g/mol. The Kier molecular flexibility index (Phi) is 3.85. The molecular formula is C13H25N3. The van der Waals surface area contributed by atoms with E-state index in [0.717, 1.165) is 5.84 Å². The summed E-state index contributed by atoms with van der Waals surface area (Å²) in [5, 5.41) is 0. The summed E-state index contributed by atoms with van der Waals surface area (Å²) >= 11 is 0. The van der Waals surface area contributed by atoms with Gasteiger partial charge in [-0.3, -0.25) is 4.99 Å². The first kappa shape index (κ1) is 11.9. The predicted octanol–water partition coefficient (Wildman–Crippen LogP) is 2.76. The van der Waals surface area contributed by atoms with E-state index in [4.69, 9.17) is 10.8 Å². The van der Waals surface area contributed by atoms with Crippen molar-refractivity contribution in [2.75, 3.05) is 0 Å². The van der Waals surface area contributed by atoms with Gasteiger partial charge in [0.1, 0.15) is 5.84 Å². The summed E-state index contributed by atoms with van der Waals surface area (Å²) in [6.07, 6.45) is 11.7. The molecule has 3 N–H and O–H groups in total. The van der Waals surface area contributed by atoms with E-state index in [-0.39, 0.29) is 5.41 Å². The van der Waals surface area contributed by atoms with E-state index < -0.39 is 0 Å². The number of hydrogen-bond acceptors (Lipinski definition) is 2. The van der Waals surface area contributed by atoms with Gasteiger partial charge in [0.05, 0.1) is 6.04 Å². The highest BCUT2D eigenvalue weighted by Crippen LogP contribution is 2.37. The van der Waals surface area contributed by atoms with Gasteiger partial charge >= 0.3 is 0 Å². The zero-order valence-corrected chi connectivity index (χ0v) is 10.5. The monoisotopic (exact) mass is 223 g/mol. The van der Waals surface area contributed by atoms with Crippen LogP contribution >= 0.6 is 0 Å². The second-order valence-electron chi connectivity index (χ2n) is 5.68. The van der Waals surface area contributed by atoms with Gasteiger partial charge in [-0.2, -0.15) is 0 Å². The molecule has 0 bridgehead atoms. The third-order valence-electron chi connectivity index (χ3n) is 4.30. The van der Waals surface area contributed by atoms with Crippen LogP contribution in [0.3, 0.4) is 0 Å². The van der Waals surface area contributed by atoms with Gasteiger partial charge in [0.15, 0.2) is 0 Å². The van der Waals surface area contributed by atoms with Crippen LogP contribution in [0.25, 0.3) is 0 Å². The van der Waals surface area contributed by atoms with Crippen molar-refractivity contribution >= 4 is 5.84 Å². The molecule has 0 spiro atoms. The molecule has 3 heteroatoms. The number of amidine groups is 1. The fourth-order valence-electron chi connectivity index (χ4n) is 3.15. The first-order chi connectivity index (χ1) is 7.74. The summed E-state index contributed by atoms with van der Waals surface area (Å²) in [7, 11) is 0. The first-order valence-electron chi connectivity index (χ1n) is 6.79. The summed E-state index contributed by atoms with van der Waals surface area (Å²) in [6.45, 7) is 2.32. The molecule has 0 radical (unpaired) electrons. The molecule has 0 atom stereocenters. The Morgan fingerprint density at radius 1 is 1.12 bits per heavy atom. The summed E-state index contributed by atoms with van der Waals surface area (Å²) in [4.78, 5) is 4.87. The van der Waals surface area contributed by atoms with Gasteiger partial charge in [-0.05, 0) is 25.7 Å². The lowest BCUT2D eigenvalue weighted by Gasteiger charge is -2.34. The highest BCUT2D eigenvalue weighted by atomic mass is 15.3. The van der Waals surface area contributed by atoms with Crippen LogP contribution in [0.2, 0.25) is 0 Å². The maximum Gasteiger partial charge on any atom is 0.117 e. The molecule has 0 amide bonds. The summed E-state index contributed by atoms with van der Waals surface area (Å²) in [6, 6.07) is 0.532. The van der Waals surface area contributed by atoms with E-state index in [1.807, 2.05) is 0 Å². The molecule has 2 saturated carbocycles. The van der Waals surface area contributed by atoms with E-state index >= 15 is 0 Å². The smallest absolute Gasteiger partial charge is 0.117 e. The van der Waals surface area contributed by atoms with Crippen LogP contribution in [0.15, 0.2) is 4.99 Å². The Labute approximate surface area is 98.9 Å². The van der Waals surface area contributed by atoms with Gasteiger partial charge in [0.2, 0.25) is 0 Å². The lowest BCUT2D eigenvalue weighted by molar-refractivity contribution is 0.303. The van der Waals surface area contributed by atoms with Crippen molar-refractivity contribution in [1.82, 2.24) is 5.43 Å². The molecule has 0 aromatic rings. The Balaban J connectivity index is 2.07. The van der Waals surface area contributed by atoms with E-state index in [0.29, 0.717) is 6.04 Å². The van der Waals surface area contributed by atoms with Crippen molar-refractivity contribution in [3.8, 4) is 0 Å². The van der Waals surface area contributed by atoms with E-state index in [1.54, 1.807) is 0 Å². The summed E-state index contributed by atoms with van der Waals surface area (Å²) in [5.41, 5.74) is 3.11. The lowest BCUT2D eigenvalue weighted by Crippen LogP contribution is -2.44. The van der Waals surface area contributed by atoms with Crippen LogP contribution in [-0.2, 0) is 0 Å². The van der Waals surface area contributed by atoms with Crippen molar-refractivity contribution in [2.45, 2.75) is 70.8 Å². The molecule has 0 aromatic heterocycles. The molecule has 2 rings (SSSR count). The summed E-state index contributed by atoms with van der Waals surface area (Å²) in [5.74, 6) is 6.75. The largest absolute Gasteiger partial charge is 0.312 e. The highest BCUT2D eigenvalue weighted by molar-refractivity contribution is 5.87. The average Bonchev–Trinajstić information content (AvgIpc) is 2.79. The third-order valence-corrected chi connectivity index (χ3v) is 4.30. The Morgan fingerprint density at radius 3 is 2.31 bits per heavy atom. The van der Waals surface area contributed by atoms with Crippen molar-refractivity contribution in [3.63, 3.8) is 0 Å². The first-order valence-corrected chi connectivity index (χ1v) is 6.79. The Morgan fingerprint density at radius 2 is 1.75 bits per heavy atom. The predicted molar refractivity (Wildman–Crippen MR) is 68.2 cm³/mol. The van der Waals surface area contributed by atoms with Gasteiger partial charge in [0.25, 0.3) is 0 Å². The van der Waals surface area contributed by atoms with Gasteiger partial charge in [0, 0.05) is 5.41 Å². The molecule has 2 aliphatic rings. The molecule has 3 nitrogen and oxygen atoms in total. The highest BCUT2D eigenvalue weighted by Gasteiger charge is 2.33. The molecule has 16 heavy (non-hydrogen) atoms. The van der Waals surface area contributed by atoms with Crippen LogP contribution < -0.4 is 11.3 Å². The van der Waals surface area contributed by atoms with E-state index in [2.05, 4.69) is 12.3 Å². The SMILES string of the molecule is CC1(C(=NC2CCCC2)NN)CCCCC1. The minimum absolute atomic E-state index is 0.218. The molecule has 0 unspecified atom stereocenters.